The van der Waals surface area contributed by atoms with Crippen LogP contribution in [-0.2, 0) is 32.1 Å². The number of aromatic amines is 1. The number of hydrogen-bond donors (Lipinski definition) is 7. The average Bonchev–Trinajstić information content (AvgIpc) is 3.29. The van der Waals surface area contributed by atoms with E-state index in [4.69, 9.17) is 31.3 Å². The number of alkyl halides is 6. The Kier molecular flexibility index (Phi) is 13.4. The van der Waals surface area contributed by atoms with E-state index in [0.717, 1.165) is 22.2 Å². The van der Waals surface area contributed by atoms with Crippen LogP contribution in [0.2, 0.25) is 0 Å². The zero-order valence-corrected chi connectivity index (χ0v) is 22.3. The summed E-state index contributed by atoms with van der Waals surface area (Å²) in [5.74, 6) is -5.78. The molecule has 9 N–H and O–H groups in total. The van der Waals surface area contributed by atoms with Crippen LogP contribution in [0.15, 0.2) is 48.5 Å². The average molecular weight is 623 g/mol. The molecule has 1 aromatic heterocycles. The molecule has 0 fully saturated rings. The predicted octanol–water partition coefficient (Wildman–Crippen LogP) is 2.49. The molecule has 0 aliphatic carbocycles. The SMILES string of the molecule is C[C@H](NC(=O)C(N)CCc1ccccc1)C(=O)NCc1ccc2nc(N)[nH]c2c1.O=C(O)C(F)(F)F.O=C(O)C(F)(F)F. The molecule has 1 heterocycles. The van der Waals surface area contributed by atoms with Gasteiger partial charge in [-0.15, -0.1) is 0 Å². The molecule has 2 amide bonds. The van der Waals surface area contributed by atoms with Gasteiger partial charge >= 0.3 is 24.3 Å². The van der Waals surface area contributed by atoms with E-state index in [0.29, 0.717) is 25.3 Å². The molecule has 0 radical (unpaired) electrons. The predicted molar refractivity (Wildman–Crippen MR) is 140 cm³/mol. The molecule has 1 unspecified atom stereocenters. The second-order valence-electron chi connectivity index (χ2n) is 8.66. The molecule has 2 aromatic carbocycles. The summed E-state index contributed by atoms with van der Waals surface area (Å²) in [5, 5.41) is 19.7. The number of nitrogens with two attached hydrogens (primary N) is 2. The normalized spacial score (nSPS) is 12.5. The number of nitrogens with zero attached hydrogens (tertiary/aromatic N) is 1. The fourth-order valence-corrected chi connectivity index (χ4v) is 3.01. The summed E-state index contributed by atoms with van der Waals surface area (Å²) in [6.07, 6.45) is -8.95. The fraction of sp³-hybridized carbons (Fsp3) is 0.320. The number of benzene rings is 2. The summed E-state index contributed by atoms with van der Waals surface area (Å²) in [7, 11) is 0. The number of fused-ring (bicyclic) bond motifs is 1. The molecule has 3 rings (SSSR count). The molecular formula is C25H28F6N6O6. The van der Waals surface area contributed by atoms with Crippen molar-refractivity contribution in [2.45, 2.75) is 50.7 Å². The van der Waals surface area contributed by atoms with E-state index in [1.807, 2.05) is 48.5 Å². The quantitative estimate of drug-likeness (QED) is 0.184. The molecule has 3 aromatic rings. The largest absolute Gasteiger partial charge is 0.490 e. The van der Waals surface area contributed by atoms with Crippen LogP contribution in [0.3, 0.4) is 0 Å². The highest BCUT2D eigenvalue weighted by Gasteiger charge is 2.38. The number of nitrogen functional groups attached to an aromatic ring is 1. The zero-order chi connectivity index (χ0) is 33.0. The van der Waals surface area contributed by atoms with Crippen LogP contribution >= 0.6 is 0 Å². The van der Waals surface area contributed by atoms with Crippen LogP contribution in [0.5, 0.6) is 0 Å². The number of aromatic nitrogens is 2. The number of nitrogens with one attached hydrogen (secondary N) is 3. The minimum Gasteiger partial charge on any atom is -0.475 e. The van der Waals surface area contributed by atoms with Crippen molar-refractivity contribution in [3.63, 3.8) is 0 Å². The minimum absolute atomic E-state index is 0.280. The molecule has 2 atom stereocenters. The summed E-state index contributed by atoms with van der Waals surface area (Å²) in [6.45, 7) is 1.96. The number of halogens is 6. The van der Waals surface area contributed by atoms with Gasteiger partial charge in [-0.1, -0.05) is 36.4 Å². The van der Waals surface area contributed by atoms with E-state index in [1.165, 1.54) is 0 Å². The second-order valence-corrected chi connectivity index (χ2v) is 8.66. The topological polar surface area (TPSA) is 214 Å². The van der Waals surface area contributed by atoms with Crippen molar-refractivity contribution in [2.24, 2.45) is 5.73 Å². The molecule has 0 aliphatic rings. The summed E-state index contributed by atoms with van der Waals surface area (Å²) < 4.78 is 63.5. The van der Waals surface area contributed by atoms with Crippen molar-refractivity contribution in [1.29, 1.82) is 0 Å². The van der Waals surface area contributed by atoms with Gasteiger partial charge in [0, 0.05) is 6.54 Å². The van der Waals surface area contributed by atoms with Crippen LogP contribution in [-0.4, -0.2) is 68.4 Å². The number of aryl methyl sites for hydroxylation is 1. The minimum atomic E-state index is -5.08. The van der Waals surface area contributed by atoms with Crippen LogP contribution in [0.1, 0.15) is 24.5 Å². The third-order valence-corrected chi connectivity index (χ3v) is 5.19. The lowest BCUT2D eigenvalue weighted by atomic mass is 10.1. The summed E-state index contributed by atoms with van der Waals surface area (Å²) in [6, 6.07) is 14.1. The van der Waals surface area contributed by atoms with Crippen molar-refractivity contribution in [3.05, 3.63) is 59.7 Å². The smallest absolute Gasteiger partial charge is 0.475 e. The van der Waals surface area contributed by atoms with Crippen molar-refractivity contribution < 1.29 is 55.7 Å². The van der Waals surface area contributed by atoms with E-state index in [2.05, 4.69) is 20.6 Å². The lowest BCUT2D eigenvalue weighted by Gasteiger charge is -2.17. The first-order chi connectivity index (χ1) is 19.8. The van der Waals surface area contributed by atoms with E-state index >= 15 is 0 Å². The fourth-order valence-electron chi connectivity index (χ4n) is 3.01. The molecule has 0 saturated carbocycles. The summed E-state index contributed by atoms with van der Waals surface area (Å²) in [5.41, 5.74) is 15.2. The Balaban J connectivity index is 0.000000548. The summed E-state index contributed by atoms with van der Waals surface area (Å²) in [4.78, 5) is 49.5. The Hall–Kier alpha value is -4.87. The number of carbonyl (C=O) groups is 4. The standard InChI is InChI=1S/C21H26N6O2.2C2HF3O2/c1-13(25-20(29)16(22)9-7-14-5-3-2-4-6-14)19(28)24-12-15-8-10-17-18(11-15)27-21(23)26-17;2*3-2(4,5)1(6)7/h2-6,8,10-11,13,16H,7,9,12,22H2,1H3,(H,24,28)(H,25,29)(H3,23,26,27);2*(H,6,7)/t13-,16?;;/m0../s1. The Morgan fingerprint density at radius 3 is 1.95 bits per heavy atom. The molecule has 0 aliphatic heterocycles. The van der Waals surface area contributed by atoms with Gasteiger partial charge in [-0.3, -0.25) is 9.59 Å². The van der Waals surface area contributed by atoms with Crippen LogP contribution in [0.25, 0.3) is 11.0 Å². The molecule has 236 valence electrons. The Morgan fingerprint density at radius 1 is 0.907 bits per heavy atom. The molecule has 18 heteroatoms. The number of carbonyl (C=O) groups excluding carboxylic acids is 2. The third-order valence-electron chi connectivity index (χ3n) is 5.19. The van der Waals surface area contributed by atoms with Gasteiger partial charge in [0.2, 0.25) is 11.8 Å². The van der Waals surface area contributed by atoms with E-state index in [-0.39, 0.29) is 11.8 Å². The highest BCUT2D eigenvalue weighted by Crippen LogP contribution is 2.15. The van der Waals surface area contributed by atoms with Gasteiger partial charge in [0.05, 0.1) is 17.1 Å². The molecule has 0 bridgehead atoms. The molecule has 0 saturated heterocycles. The van der Waals surface area contributed by atoms with Crippen molar-refractivity contribution in [1.82, 2.24) is 20.6 Å². The Labute approximate surface area is 239 Å². The molecule has 0 spiro atoms. The Bertz CT molecular complexity index is 1360. The van der Waals surface area contributed by atoms with Gasteiger partial charge in [-0.2, -0.15) is 26.3 Å². The van der Waals surface area contributed by atoms with Crippen molar-refractivity contribution in [3.8, 4) is 0 Å². The number of amides is 2. The van der Waals surface area contributed by atoms with Crippen LogP contribution < -0.4 is 22.1 Å². The highest BCUT2D eigenvalue weighted by molar-refractivity contribution is 5.89. The van der Waals surface area contributed by atoms with Crippen LogP contribution in [0, 0.1) is 0 Å². The molecule has 43 heavy (non-hydrogen) atoms. The first kappa shape index (κ1) is 36.2. The lowest BCUT2D eigenvalue weighted by Crippen LogP contribution is -2.50. The van der Waals surface area contributed by atoms with Gasteiger partial charge in [-0.25, -0.2) is 14.6 Å². The van der Waals surface area contributed by atoms with Crippen molar-refractivity contribution in [2.75, 3.05) is 5.73 Å². The van der Waals surface area contributed by atoms with Gasteiger partial charge in [0.15, 0.2) is 5.95 Å². The summed E-state index contributed by atoms with van der Waals surface area (Å²) >= 11 is 0. The maximum absolute atomic E-state index is 12.3. The van der Waals surface area contributed by atoms with E-state index < -0.39 is 36.4 Å². The number of aliphatic carboxylic acids is 2. The zero-order valence-electron chi connectivity index (χ0n) is 22.3. The van der Waals surface area contributed by atoms with Gasteiger partial charge < -0.3 is 37.3 Å². The van der Waals surface area contributed by atoms with E-state index in [9.17, 15) is 35.9 Å². The van der Waals surface area contributed by atoms with Crippen molar-refractivity contribution >= 4 is 40.7 Å². The number of carboxylic acids is 2. The monoisotopic (exact) mass is 622 g/mol. The highest BCUT2D eigenvalue weighted by atomic mass is 19.4. The van der Waals surface area contributed by atoms with E-state index in [1.54, 1.807) is 6.92 Å². The Morgan fingerprint density at radius 2 is 1.44 bits per heavy atom. The third kappa shape index (κ3) is 13.6. The molecule has 12 nitrogen and oxygen atoms in total. The maximum atomic E-state index is 12.3. The van der Waals surface area contributed by atoms with Gasteiger partial charge in [-0.05, 0) is 43.0 Å². The number of imidazole rings is 1. The number of anilines is 1. The number of carboxylic acid groups (broad SMARTS) is 2. The number of hydrogen-bond acceptors (Lipinski definition) is 7. The number of rotatable bonds is 8. The first-order valence-corrected chi connectivity index (χ1v) is 12.0. The first-order valence-electron chi connectivity index (χ1n) is 12.0. The van der Waals surface area contributed by atoms with Gasteiger partial charge in [0.25, 0.3) is 0 Å². The van der Waals surface area contributed by atoms with Gasteiger partial charge in [0.1, 0.15) is 6.04 Å². The maximum Gasteiger partial charge on any atom is 0.490 e. The lowest BCUT2D eigenvalue weighted by molar-refractivity contribution is -0.193. The van der Waals surface area contributed by atoms with Crippen LogP contribution in [0.4, 0.5) is 32.3 Å². The molecular weight excluding hydrogens is 594 g/mol. The number of H-pyrrole nitrogens is 1. The second kappa shape index (κ2) is 15.9.